The fourth-order valence-corrected chi connectivity index (χ4v) is 3.21. The molecule has 124 valence electrons. The van der Waals surface area contributed by atoms with Crippen molar-refractivity contribution < 1.29 is 9.67 Å². The van der Waals surface area contributed by atoms with Gasteiger partial charge in [-0.3, -0.25) is 0 Å². The summed E-state index contributed by atoms with van der Waals surface area (Å²) in [6.45, 7) is 4.60. The molecular weight excluding hydrogens is 312 g/mol. The predicted octanol–water partition coefficient (Wildman–Crippen LogP) is 3.31. The van der Waals surface area contributed by atoms with E-state index in [2.05, 4.69) is 28.7 Å². The van der Waals surface area contributed by atoms with Crippen LogP contribution in [-0.2, 0) is 6.54 Å². The van der Waals surface area contributed by atoms with E-state index in [1.165, 1.54) is 4.68 Å². The van der Waals surface area contributed by atoms with Crippen LogP contribution < -0.4 is 4.57 Å². The molecule has 0 radical (unpaired) electrons. The monoisotopic (exact) mass is 331 g/mol. The lowest BCUT2D eigenvalue weighted by Gasteiger charge is -1.99. The van der Waals surface area contributed by atoms with E-state index >= 15 is 0 Å². The van der Waals surface area contributed by atoms with Crippen LogP contribution in [0.25, 0.3) is 5.70 Å². The maximum Gasteiger partial charge on any atom is 0.237 e. The van der Waals surface area contributed by atoms with E-state index in [4.69, 9.17) is 4.99 Å². The zero-order chi connectivity index (χ0) is 17.4. The van der Waals surface area contributed by atoms with Crippen molar-refractivity contribution in [2.24, 2.45) is 4.99 Å². The molecule has 0 bridgehead atoms. The summed E-state index contributed by atoms with van der Waals surface area (Å²) < 4.78 is 3.68. The summed E-state index contributed by atoms with van der Waals surface area (Å²) in [4.78, 5) is 4.73. The Morgan fingerprint density at radius 3 is 2.60 bits per heavy atom. The number of aromatic nitrogens is 3. The van der Waals surface area contributed by atoms with Crippen molar-refractivity contribution in [3.05, 3.63) is 77.8 Å². The molecule has 25 heavy (non-hydrogen) atoms. The summed E-state index contributed by atoms with van der Waals surface area (Å²) in [6.07, 6.45) is 3.64. The Kier molecular flexibility index (Phi) is 3.69. The molecule has 1 aromatic carbocycles. The lowest BCUT2D eigenvalue weighted by Crippen LogP contribution is -2.34. The predicted molar refractivity (Wildman–Crippen MR) is 96.8 cm³/mol. The summed E-state index contributed by atoms with van der Waals surface area (Å²) in [6, 6.07) is 16.3. The summed E-state index contributed by atoms with van der Waals surface area (Å²) in [5.41, 5.74) is 5.66. The van der Waals surface area contributed by atoms with Crippen molar-refractivity contribution in [1.82, 2.24) is 9.78 Å². The molecule has 3 heterocycles. The van der Waals surface area contributed by atoms with Gasteiger partial charge < -0.3 is 5.11 Å². The standard InChI is InChI=1S/C20H18N4O/c1-3-24-20(25)16(13-21-24)22-18-14(2)19(15-9-5-4-6-10-15)23-12-8-7-11-17(18)23/h4-13H,3H2,1-2H3/p+1. The maximum atomic E-state index is 10.3. The number of benzene rings is 1. The summed E-state index contributed by atoms with van der Waals surface area (Å²) in [5.74, 6) is 0.0958. The Labute approximate surface area is 146 Å². The van der Waals surface area contributed by atoms with Crippen LogP contribution in [0, 0.1) is 0 Å². The molecule has 0 aliphatic carbocycles. The molecule has 1 aliphatic heterocycles. The van der Waals surface area contributed by atoms with Crippen LogP contribution in [0.5, 0.6) is 5.88 Å². The van der Waals surface area contributed by atoms with Gasteiger partial charge in [-0.15, -0.1) is 0 Å². The maximum absolute atomic E-state index is 10.3. The molecular formula is C20H19N4O+. The minimum absolute atomic E-state index is 0.0958. The van der Waals surface area contributed by atoms with E-state index in [1.807, 2.05) is 49.5 Å². The lowest BCUT2D eigenvalue weighted by molar-refractivity contribution is -0.577. The van der Waals surface area contributed by atoms with E-state index in [1.54, 1.807) is 6.20 Å². The van der Waals surface area contributed by atoms with Crippen LogP contribution in [0.4, 0.5) is 5.69 Å². The smallest absolute Gasteiger partial charge is 0.237 e. The van der Waals surface area contributed by atoms with Gasteiger partial charge in [0.2, 0.25) is 17.3 Å². The normalized spacial score (nSPS) is 15.0. The van der Waals surface area contributed by atoms with Crippen molar-refractivity contribution in [3.8, 4) is 5.88 Å². The second-order valence-electron chi connectivity index (χ2n) is 5.93. The third-order valence-corrected chi connectivity index (χ3v) is 4.43. The Morgan fingerprint density at radius 2 is 1.88 bits per heavy atom. The number of aromatic hydroxyl groups is 1. The van der Waals surface area contributed by atoms with Gasteiger partial charge >= 0.3 is 0 Å². The molecule has 2 aromatic heterocycles. The third kappa shape index (κ3) is 2.45. The van der Waals surface area contributed by atoms with Gasteiger partial charge in [0.15, 0.2) is 6.20 Å². The zero-order valence-electron chi connectivity index (χ0n) is 14.2. The first kappa shape index (κ1) is 15.3. The number of aryl methyl sites for hydroxylation is 1. The first-order valence-corrected chi connectivity index (χ1v) is 8.32. The van der Waals surface area contributed by atoms with Gasteiger partial charge in [0.05, 0.1) is 11.8 Å². The van der Waals surface area contributed by atoms with Crippen LogP contribution in [0.3, 0.4) is 0 Å². The molecule has 0 amide bonds. The number of allylic oxidation sites excluding steroid dienone is 1. The van der Waals surface area contributed by atoms with Gasteiger partial charge in [-0.25, -0.2) is 9.67 Å². The molecule has 1 N–H and O–H groups in total. The number of rotatable bonds is 3. The average molecular weight is 331 g/mol. The zero-order valence-corrected chi connectivity index (χ0v) is 14.2. The van der Waals surface area contributed by atoms with Gasteiger partial charge in [-0.2, -0.15) is 9.67 Å². The van der Waals surface area contributed by atoms with Gasteiger partial charge in [0, 0.05) is 24.2 Å². The van der Waals surface area contributed by atoms with E-state index in [0.717, 1.165) is 28.2 Å². The molecule has 0 saturated heterocycles. The summed E-state index contributed by atoms with van der Waals surface area (Å²) in [7, 11) is 0. The molecule has 4 rings (SSSR count). The minimum Gasteiger partial charge on any atom is -0.492 e. The number of hydrogen-bond donors (Lipinski definition) is 1. The second-order valence-corrected chi connectivity index (χ2v) is 5.93. The summed E-state index contributed by atoms with van der Waals surface area (Å²) in [5, 5.41) is 14.4. The molecule has 3 aromatic rings. The first-order chi connectivity index (χ1) is 12.2. The molecule has 1 aliphatic rings. The molecule has 5 nitrogen and oxygen atoms in total. The number of aliphatic imine (C=N–C) groups is 1. The summed E-state index contributed by atoms with van der Waals surface area (Å²) >= 11 is 0. The van der Waals surface area contributed by atoms with E-state index < -0.39 is 0 Å². The van der Waals surface area contributed by atoms with Crippen molar-refractivity contribution in [2.45, 2.75) is 20.4 Å². The van der Waals surface area contributed by atoms with Crippen LogP contribution in [0.15, 0.2) is 71.5 Å². The van der Waals surface area contributed by atoms with Crippen LogP contribution in [0.1, 0.15) is 25.1 Å². The highest BCUT2D eigenvalue weighted by Gasteiger charge is 2.34. The number of hydrogen-bond acceptors (Lipinski definition) is 3. The lowest BCUT2D eigenvalue weighted by atomic mass is 10.1. The number of pyridine rings is 1. The Morgan fingerprint density at radius 1 is 1.12 bits per heavy atom. The molecule has 0 unspecified atom stereocenters. The Balaban J connectivity index is 1.92. The molecule has 0 spiro atoms. The first-order valence-electron chi connectivity index (χ1n) is 8.32. The van der Waals surface area contributed by atoms with Crippen molar-refractivity contribution >= 4 is 17.1 Å². The SMILES string of the molecule is CCn1ncc(/N=C2\C(C)=C(c3ccccc3)[n+]3ccccc32)c1O. The van der Waals surface area contributed by atoms with Crippen molar-refractivity contribution in [1.29, 1.82) is 0 Å². The van der Waals surface area contributed by atoms with E-state index in [-0.39, 0.29) is 5.88 Å². The van der Waals surface area contributed by atoms with Gasteiger partial charge in [-0.05, 0) is 32.0 Å². The largest absolute Gasteiger partial charge is 0.492 e. The number of nitrogens with zero attached hydrogens (tertiary/aromatic N) is 4. The molecule has 0 fully saturated rings. The van der Waals surface area contributed by atoms with Gasteiger partial charge in [0.1, 0.15) is 11.4 Å². The fraction of sp³-hybridized carbons (Fsp3) is 0.150. The second kappa shape index (κ2) is 6.02. The average Bonchev–Trinajstić information content (AvgIpc) is 3.14. The Bertz CT molecular complexity index is 1000. The number of fused-ring (bicyclic) bond motifs is 1. The van der Waals surface area contributed by atoms with Crippen LogP contribution in [-0.4, -0.2) is 20.6 Å². The van der Waals surface area contributed by atoms with Gasteiger partial charge in [-0.1, -0.05) is 18.2 Å². The van der Waals surface area contributed by atoms with E-state index in [9.17, 15) is 5.11 Å². The highest BCUT2D eigenvalue weighted by atomic mass is 16.3. The van der Waals surface area contributed by atoms with Crippen molar-refractivity contribution in [2.75, 3.05) is 0 Å². The minimum atomic E-state index is 0.0958. The van der Waals surface area contributed by atoms with Crippen LogP contribution >= 0.6 is 0 Å². The van der Waals surface area contributed by atoms with E-state index in [0.29, 0.717) is 12.2 Å². The Hall–Kier alpha value is -3.21. The third-order valence-electron chi connectivity index (χ3n) is 4.43. The quantitative estimate of drug-likeness (QED) is 0.749. The van der Waals surface area contributed by atoms with Gasteiger partial charge in [0.25, 0.3) is 0 Å². The van der Waals surface area contributed by atoms with Crippen molar-refractivity contribution in [3.63, 3.8) is 0 Å². The topological polar surface area (TPSA) is 54.3 Å². The highest BCUT2D eigenvalue weighted by molar-refractivity contribution is 6.17. The fourth-order valence-electron chi connectivity index (χ4n) is 3.21. The molecule has 5 heteroatoms. The highest BCUT2D eigenvalue weighted by Crippen LogP contribution is 2.31. The molecule has 0 saturated carbocycles. The molecule has 0 atom stereocenters. The van der Waals surface area contributed by atoms with Crippen LogP contribution in [0.2, 0.25) is 0 Å².